The SMILES string of the molecule is CCc1cccc(CC)c1NC(=O)C1CCCN(Cc2nc(-c3ccc(Br)cc3)no2)C1. The minimum absolute atomic E-state index is 0.0489. The lowest BCUT2D eigenvalue weighted by Crippen LogP contribution is -2.40. The number of carbonyl (C=O) groups is 1. The van der Waals surface area contributed by atoms with E-state index >= 15 is 0 Å². The number of nitrogens with one attached hydrogen (secondary N) is 1. The summed E-state index contributed by atoms with van der Waals surface area (Å²) in [6, 6.07) is 14.1. The van der Waals surface area contributed by atoms with E-state index in [-0.39, 0.29) is 11.8 Å². The monoisotopic (exact) mass is 496 g/mol. The van der Waals surface area contributed by atoms with Crippen molar-refractivity contribution in [2.75, 3.05) is 18.4 Å². The number of carbonyl (C=O) groups excluding carboxylic acids is 1. The van der Waals surface area contributed by atoms with Crippen LogP contribution in [-0.4, -0.2) is 34.0 Å². The van der Waals surface area contributed by atoms with Gasteiger partial charge in [-0.1, -0.05) is 53.1 Å². The Kier molecular flexibility index (Phi) is 7.37. The number of amides is 1. The van der Waals surface area contributed by atoms with Crippen LogP contribution in [0.5, 0.6) is 0 Å². The summed E-state index contributed by atoms with van der Waals surface area (Å²) in [5.41, 5.74) is 4.30. The van der Waals surface area contributed by atoms with E-state index in [9.17, 15) is 4.79 Å². The van der Waals surface area contributed by atoms with E-state index in [1.54, 1.807) is 0 Å². The number of anilines is 1. The average Bonchev–Trinajstić information content (AvgIpc) is 3.28. The van der Waals surface area contributed by atoms with Crippen molar-refractivity contribution in [3.63, 3.8) is 0 Å². The Balaban J connectivity index is 1.40. The van der Waals surface area contributed by atoms with Crippen molar-refractivity contribution in [3.8, 4) is 11.4 Å². The zero-order chi connectivity index (χ0) is 22.5. The summed E-state index contributed by atoms with van der Waals surface area (Å²) in [7, 11) is 0. The summed E-state index contributed by atoms with van der Waals surface area (Å²) in [6.45, 7) is 6.42. The molecule has 1 aliphatic heterocycles. The molecule has 0 saturated carbocycles. The van der Waals surface area contributed by atoms with Crippen molar-refractivity contribution in [3.05, 3.63) is 64.0 Å². The van der Waals surface area contributed by atoms with Crippen LogP contribution >= 0.6 is 15.9 Å². The molecule has 2 aromatic carbocycles. The number of aromatic nitrogens is 2. The molecule has 1 aromatic heterocycles. The minimum Gasteiger partial charge on any atom is -0.338 e. The number of rotatable bonds is 7. The summed E-state index contributed by atoms with van der Waals surface area (Å²) < 4.78 is 6.50. The van der Waals surface area contributed by atoms with E-state index in [2.05, 4.69) is 68.3 Å². The van der Waals surface area contributed by atoms with E-state index < -0.39 is 0 Å². The number of halogens is 1. The summed E-state index contributed by atoms with van der Waals surface area (Å²) in [5.74, 6) is 1.22. The third-order valence-corrected chi connectivity index (χ3v) is 6.58. The lowest BCUT2D eigenvalue weighted by molar-refractivity contribution is -0.121. The van der Waals surface area contributed by atoms with Crippen LogP contribution in [0, 0.1) is 5.92 Å². The fourth-order valence-electron chi connectivity index (χ4n) is 4.27. The Labute approximate surface area is 197 Å². The Hall–Kier alpha value is -2.51. The van der Waals surface area contributed by atoms with Crippen LogP contribution in [0.15, 0.2) is 51.5 Å². The van der Waals surface area contributed by atoms with Gasteiger partial charge in [-0.2, -0.15) is 4.98 Å². The third-order valence-electron chi connectivity index (χ3n) is 6.05. The van der Waals surface area contributed by atoms with Gasteiger partial charge in [0.25, 0.3) is 0 Å². The van der Waals surface area contributed by atoms with Crippen LogP contribution in [0.25, 0.3) is 11.4 Å². The summed E-state index contributed by atoms with van der Waals surface area (Å²) in [6.07, 6.45) is 3.67. The van der Waals surface area contributed by atoms with Crippen molar-refractivity contribution < 1.29 is 9.32 Å². The second-order valence-corrected chi connectivity index (χ2v) is 9.16. The highest BCUT2D eigenvalue weighted by Gasteiger charge is 2.27. The number of likely N-dealkylation sites (tertiary alicyclic amines) is 1. The first-order chi connectivity index (χ1) is 15.6. The third kappa shape index (κ3) is 5.27. The zero-order valence-corrected chi connectivity index (χ0v) is 20.2. The van der Waals surface area contributed by atoms with Crippen molar-refractivity contribution in [2.45, 2.75) is 46.1 Å². The highest BCUT2D eigenvalue weighted by molar-refractivity contribution is 9.10. The fraction of sp³-hybridized carbons (Fsp3) is 0.400. The zero-order valence-electron chi connectivity index (χ0n) is 18.6. The first-order valence-corrected chi connectivity index (χ1v) is 12.1. The van der Waals surface area contributed by atoms with Crippen molar-refractivity contribution in [1.82, 2.24) is 15.0 Å². The maximum absolute atomic E-state index is 13.1. The highest BCUT2D eigenvalue weighted by atomic mass is 79.9. The van der Waals surface area contributed by atoms with Gasteiger partial charge in [0.15, 0.2) is 0 Å². The lowest BCUT2D eigenvalue weighted by Gasteiger charge is -2.31. The van der Waals surface area contributed by atoms with Gasteiger partial charge >= 0.3 is 0 Å². The molecule has 1 amide bonds. The number of para-hydroxylation sites is 1. The second kappa shape index (κ2) is 10.4. The quantitative estimate of drug-likeness (QED) is 0.469. The average molecular weight is 497 g/mol. The van der Waals surface area contributed by atoms with Crippen LogP contribution in [0.2, 0.25) is 0 Å². The molecule has 0 aliphatic carbocycles. The fourth-order valence-corrected chi connectivity index (χ4v) is 4.53. The largest absolute Gasteiger partial charge is 0.338 e. The predicted molar refractivity (Wildman–Crippen MR) is 129 cm³/mol. The van der Waals surface area contributed by atoms with Gasteiger partial charge in [-0.25, -0.2) is 0 Å². The Morgan fingerprint density at radius 1 is 1.16 bits per heavy atom. The molecule has 1 atom stereocenters. The molecule has 1 saturated heterocycles. The van der Waals surface area contributed by atoms with E-state index in [1.807, 2.05) is 24.3 Å². The van der Waals surface area contributed by atoms with E-state index in [0.717, 1.165) is 48.0 Å². The number of nitrogens with zero attached hydrogens (tertiary/aromatic N) is 3. The number of hydrogen-bond acceptors (Lipinski definition) is 5. The molecular weight excluding hydrogens is 468 g/mol. The molecule has 32 heavy (non-hydrogen) atoms. The van der Waals surface area contributed by atoms with Crippen LogP contribution in [0.4, 0.5) is 5.69 Å². The standard InChI is InChI=1S/C25H29BrN4O2/c1-3-17-7-5-8-18(4-2)23(17)28-25(31)20-9-6-14-30(15-20)16-22-27-24(29-32-22)19-10-12-21(26)13-11-19/h5,7-8,10-13,20H,3-4,6,9,14-16H2,1-2H3,(H,28,31). The molecule has 7 heteroatoms. The van der Waals surface area contributed by atoms with Gasteiger partial charge in [0.1, 0.15) is 0 Å². The molecule has 1 N–H and O–H groups in total. The van der Waals surface area contributed by atoms with Gasteiger partial charge in [0.05, 0.1) is 12.5 Å². The van der Waals surface area contributed by atoms with Gasteiger partial charge in [0, 0.05) is 22.3 Å². The molecule has 4 rings (SSSR count). The van der Waals surface area contributed by atoms with E-state index in [1.165, 1.54) is 11.1 Å². The molecular formula is C25H29BrN4O2. The smallest absolute Gasteiger partial charge is 0.241 e. The number of benzene rings is 2. The van der Waals surface area contributed by atoms with Gasteiger partial charge in [-0.15, -0.1) is 0 Å². The highest BCUT2D eigenvalue weighted by Crippen LogP contribution is 2.26. The van der Waals surface area contributed by atoms with Gasteiger partial charge in [0.2, 0.25) is 17.6 Å². The van der Waals surface area contributed by atoms with Crippen LogP contribution < -0.4 is 5.32 Å². The molecule has 6 nitrogen and oxygen atoms in total. The van der Waals surface area contributed by atoms with Crippen LogP contribution in [-0.2, 0) is 24.2 Å². The summed E-state index contributed by atoms with van der Waals surface area (Å²) in [4.78, 5) is 19.9. The van der Waals surface area contributed by atoms with Crippen molar-refractivity contribution in [2.24, 2.45) is 5.92 Å². The molecule has 1 aliphatic rings. The summed E-state index contributed by atoms with van der Waals surface area (Å²) >= 11 is 3.44. The molecule has 1 unspecified atom stereocenters. The Morgan fingerprint density at radius 3 is 2.56 bits per heavy atom. The molecule has 0 spiro atoms. The van der Waals surface area contributed by atoms with Crippen LogP contribution in [0.1, 0.15) is 43.7 Å². The number of aryl methyl sites for hydroxylation is 2. The molecule has 168 valence electrons. The van der Waals surface area contributed by atoms with E-state index in [0.29, 0.717) is 24.8 Å². The van der Waals surface area contributed by atoms with Gasteiger partial charge in [-0.05, 0) is 67.6 Å². The van der Waals surface area contributed by atoms with Crippen LogP contribution in [0.3, 0.4) is 0 Å². The number of hydrogen-bond donors (Lipinski definition) is 1. The Morgan fingerprint density at radius 2 is 1.88 bits per heavy atom. The molecule has 3 aromatic rings. The Bertz CT molecular complexity index is 1040. The first kappa shape index (κ1) is 22.7. The minimum atomic E-state index is -0.0489. The maximum Gasteiger partial charge on any atom is 0.241 e. The molecule has 0 radical (unpaired) electrons. The molecule has 1 fully saturated rings. The predicted octanol–water partition coefficient (Wildman–Crippen LogP) is 5.47. The normalized spacial score (nSPS) is 16.8. The topological polar surface area (TPSA) is 71.3 Å². The maximum atomic E-state index is 13.1. The van der Waals surface area contributed by atoms with Crippen molar-refractivity contribution >= 4 is 27.5 Å². The van der Waals surface area contributed by atoms with Crippen molar-refractivity contribution in [1.29, 1.82) is 0 Å². The van der Waals surface area contributed by atoms with Gasteiger partial charge < -0.3 is 9.84 Å². The van der Waals surface area contributed by atoms with Gasteiger partial charge in [-0.3, -0.25) is 9.69 Å². The lowest BCUT2D eigenvalue weighted by atomic mass is 9.96. The molecule has 0 bridgehead atoms. The first-order valence-electron chi connectivity index (χ1n) is 11.3. The number of piperidine rings is 1. The molecule has 2 heterocycles. The second-order valence-electron chi connectivity index (χ2n) is 8.24. The summed E-state index contributed by atoms with van der Waals surface area (Å²) in [5, 5.41) is 7.37. The van der Waals surface area contributed by atoms with E-state index in [4.69, 9.17) is 4.52 Å².